The third-order valence-electron chi connectivity index (χ3n) is 4.34. The molecule has 0 radical (unpaired) electrons. The fourth-order valence-corrected chi connectivity index (χ4v) is 2.96. The number of likely N-dealkylation sites (tertiary alicyclic amines) is 1. The van der Waals surface area contributed by atoms with Gasteiger partial charge in [-0.2, -0.15) is 26.3 Å². The van der Waals surface area contributed by atoms with Crippen molar-refractivity contribution >= 4 is 0 Å². The Bertz CT molecular complexity index is 554. The average Bonchev–Trinajstić information content (AvgIpc) is 2.70. The highest BCUT2D eigenvalue weighted by molar-refractivity contribution is 5.35. The minimum Gasteiger partial charge on any atom is -0.396 e. The van der Waals surface area contributed by atoms with Crippen molar-refractivity contribution in [3.63, 3.8) is 0 Å². The Balaban J connectivity index is 2.23. The molecule has 1 N–H and O–H groups in total. The average molecular weight is 355 g/mol. The molecule has 1 unspecified atom stereocenters. The summed E-state index contributed by atoms with van der Waals surface area (Å²) in [5.41, 5.74) is -2.69. The Kier molecular flexibility index (Phi) is 5.80. The molecule has 0 spiro atoms. The van der Waals surface area contributed by atoms with Crippen molar-refractivity contribution in [2.75, 3.05) is 19.7 Å². The third kappa shape index (κ3) is 4.86. The molecule has 1 saturated heterocycles. The van der Waals surface area contributed by atoms with Gasteiger partial charge < -0.3 is 5.11 Å². The molecular weight excluding hydrogens is 336 g/mol. The molecule has 2 nitrogen and oxygen atoms in total. The lowest BCUT2D eigenvalue weighted by molar-refractivity contribution is -0.143. The van der Waals surface area contributed by atoms with Gasteiger partial charge in [-0.1, -0.05) is 6.07 Å². The van der Waals surface area contributed by atoms with Gasteiger partial charge in [-0.25, -0.2) is 0 Å². The van der Waals surface area contributed by atoms with Gasteiger partial charge in [0.1, 0.15) is 0 Å². The van der Waals surface area contributed by atoms with E-state index >= 15 is 0 Å². The SMILES string of the molecule is OCC1CCCN(Cc2ccc(C(F)(F)F)cc2C(F)(F)F)CC1. The zero-order chi connectivity index (χ0) is 18.0. The zero-order valence-corrected chi connectivity index (χ0v) is 12.9. The van der Waals surface area contributed by atoms with Gasteiger partial charge in [-0.3, -0.25) is 4.90 Å². The van der Waals surface area contributed by atoms with Crippen LogP contribution in [0.1, 0.15) is 36.0 Å². The first-order valence-electron chi connectivity index (χ1n) is 7.72. The maximum atomic E-state index is 13.1. The summed E-state index contributed by atoms with van der Waals surface area (Å²) in [6, 6.07) is 1.79. The monoisotopic (exact) mass is 355 g/mol. The minimum absolute atomic E-state index is 0.0436. The van der Waals surface area contributed by atoms with Crippen LogP contribution in [-0.4, -0.2) is 29.7 Å². The number of nitrogens with zero attached hydrogens (tertiary/aromatic N) is 1. The summed E-state index contributed by atoms with van der Waals surface area (Å²) >= 11 is 0. The van der Waals surface area contributed by atoms with E-state index in [1.807, 2.05) is 0 Å². The Morgan fingerprint density at radius 2 is 1.71 bits per heavy atom. The van der Waals surface area contributed by atoms with Crippen LogP contribution < -0.4 is 0 Å². The second-order valence-electron chi connectivity index (χ2n) is 6.12. The molecule has 24 heavy (non-hydrogen) atoms. The summed E-state index contributed by atoms with van der Waals surface area (Å²) in [5, 5.41) is 9.18. The zero-order valence-electron chi connectivity index (χ0n) is 12.9. The molecule has 1 heterocycles. The first kappa shape index (κ1) is 19.1. The van der Waals surface area contributed by atoms with E-state index < -0.39 is 23.5 Å². The van der Waals surface area contributed by atoms with E-state index in [0.717, 1.165) is 18.9 Å². The Labute approximate surface area is 136 Å². The molecule has 0 saturated carbocycles. The van der Waals surface area contributed by atoms with Crippen molar-refractivity contribution in [1.29, 1.82) is 0 Å². The molecule has 8 heteroatoms. The maximum Gasteiger partial charge on any atom is 0.416 e. The molecule has 1 aliphatic rings. The van der Waals surface area contributed by atoms with Crippen molar-refractivity contribution in [2.45, 2.75) is 38.2 Å². The van der Waals surface area contributed by atoms with E-state index in [9.17, 15) is 31.4 Å². The summed E-state index contributed by atoms with van der Waals surface area (Å²) in [6.07, 6.45) is -7.44. The Morgan fingerprint density at radius 3 is 2.29 bits per heavy atom. The summed E-state index contributed by atoms with van der Waals surface area (Å²) in [5.74, 6) is 0.129. The van der Waals surface area contributed by atoms with Crippen LogP contribution in [0.5, 0.6) is 0 Å². The van der Waals surface area contributed by atoms with Gasteiger partial charge in [0.05, 0.1) is 11.1 Å². The van der Waals surface area contributed by atoms with Gasteiger partial charge in [-0.05, 0) is 56.0 Å². The Hall–Kier alpha value is -1.28. The summed E-state index contributed by atoms with van der Waals surface area (Å²) in [6.45, 7) is 1.07. The lowest BCUT2D eigenvalue weighted by atomic mass is 10.0. The number of hydrogen-bond donors (Lipinski definition) is 1. The largest absolute Gasteiger partial charge is 0.416 e. The normalized spacial score (nSPS) is 20.9. The van der Waals surface area contributed by atoms with E-state index in [4.69, 9.17) is 0 Å². The minimum atomic E-state index is -4.84. The van der Waals surface area contributed by atoms with Gasteiger partial charge in [-0.15, -0.1) is 0 Å². The number of alkyl halides is 6. The van der Waals surface area contributed by atoms with Crippen LogP contribution in [0, 0.1) is 5.92 Å². The highest BCUT2D eigenvalue weighted by Crippen LogP contribution is 2.37. The van der Waals surface area contributed by atoms with Gasteiger partial charge in [0.2, 0.25) is 0 Å². The molecule has 0 aromatic heterocycles. The quantitative estimate of drug-likeness (QED) is 0.817. The fourth-order valence-electron chi connectivity index (χ4n) is 2.96. The van der Waals surface area contributed by atoms with Crippen LogP contribution >= 0.6 is 0 Å². The van der Waals surface area contributed by atoms with Crippen LogP contribution in [0.15, 0.2) is 18.2 Å². The van der Waals surface area contributed by atoms with E-state index in [1.54, 1.807) is 4.90 Å². The summed E-state index contributed by atoms with van der Waals surface area (Å²) < 4.78 is 77.5. The van der Waals surface area contributed by atoms with E-state index in [2.05, 4.69) is 0 Å². The molecule has 136 valence electrons. The number of aliphatic hydroxyl groups excluding tert-OH is 1. The predicted molar refractivity (Wildman–Crippen MR) is 76.1 cm³/mol. The van der Waals surface area contributed by atoms with Gasteiger partial charge in [0.15, 0.2) is 0 Å². The van der Waals surface area contributed by atoms with Crippen LogP contribution in [0.4, 0.5) is 26.3 Å². The molecule has 0 aliphatic carbocycles. The van der Waals surface area contributed by atoms with Crippen molar-refractivity contribution in [3.05, 3.63) is 34.9 Å². The number of rotatable bonds is 3. The van der Waals surface area contributed by atoms with Crippen LogP contribution in [-0.2, 0) is 18.9 Å². The highest BCUT2D eigenvalue weighted by atomic mass is 19.4. The second-order valence-corrected chi connectivity index (χ2v) is 6.12. The lowest BCUT2D eigenvalue weighted by Crippen LogP contribution is -2.26. The molecular formula is C16H19F6NO. The number of benzene rings is 1. The molecule has 0 amide bonds. The first-order chi connectivity index (χ1) is 11.1. The molecule has 2 rings (SSSR count). The molecule has 1 aromatic rings. The maximum absolute atomic E-state index is 13.1. The van der Waals surface area contributed by atoms with Gasteiger partial charge in [0.25, 0.3) is 0 Å². The predicted octanol–water partition coefficient (Wildman–Crippen LogP) is 4.32. The van der Waals surface area contributed by atoms with Crippen molar-refractivity contribution in [1.82, 2.24) is 4.90 Å². The highest BCUT2D eigenvalue weighted by Gasteiger charge is 2.38. The standard InChI is InChI=1S/C16H19F6NO/c17-15(18,19)13-4-3-12(14(8-13)16(20,21)22)9-23-6-1-2-11(10-24)5-7-23/h3-4,8,11,24H,1-2,5-7,9-10H2. The number of aliphatic hydroxyl groups is 1. The smallest absolute Gasteiger partial charge is 0.396 e. The molecule has 1 aliphatic heterocycles. The molecule has 0 bridgehead atoms. The molecule has 1 fully saturated rings. The number of hydrogen-bond acceptors (Lipinski definition) is 2. The summed E-state index contributed by atoms with van der Waals surface area (Å²) in [4.78, 5) is 1.80. The van der Waals surface area contributed by atoms with E-state index in [1.165, 1.54) is 0 Å². The topological polar surface area (TPSA) is 23.5 Å². The van der Waals surface area contributed by atoms with E-state index in [-0.39, 0.29) is 30.7 Å². The Morgan fingerprint density at radius 1 is 1.00 bits per heavy atom. The third-order valence-corrected chi connectivity index (χ3v) is 4.34. The van der Waals surface area contributed by atoms with Crippen LogP contribution in [0.25, 0.3) is 0 Å². The first-order valence-corrected chi connectivity index (χ1v) is 7.72. The van der Waals surface area contributed by atoms with Gasteiger partial charge in [0, 0.05) is 13.2 Å². The fraction of sp³-hybridized carbons (Fsp3) is 0.625. The molecule has 1 aromatic carbocycles. The van der Waals surface area contributed by atoms with E-state index in [0.29, 0.717) is 25.6 Å². The molecule has 1 atom stereocenters. The van der Waals surface area contributed by atoms with Crippen LogP contribution in [0.3, 0.4) is 0 Å². The van der Waals surface area contributed by atoms with Crippen LogP contribution in [0.2, 0.25) is 0 Å². The van der Waals surface area contributed by atoms with Crippen molar-refractivity contribution < 1.29 is 31.4 Å². The lowest BCUT2D eigenvalue weighted by Gasteiger charge is -2.23. The summed E-state index contributed by atoms with van der Waals surface area (Å²) in [7, 11) is 0. The second kappa shape index (κ2) is 7.31. The number of halogens is 6. The van der Waals surface area contributed by atoms with Crippen molar-refractivity contribution in [2.24, 2.45) is 5.92 Å². The van der Waals surface area contributed by atoms with Gasteiger partial charge >= 0.3 is 12.4 Å². The van der Waals surface area contributed by atoms with Crippen molar-refractivity contribution in [3.8, 4) is 0 Å².